The minimum Gasteiger partial charge on any atom is -0.378 e. The molecule has 2 aliphatic heterocycles. The molecule has 152 valence electrons. The van der Waals surface area contributed by atoms with Crippen LogP contribution in [0, 0.1) is 5.82 Å². The van der Waals surface area contributed by atoms with E-state index >= 15 is 0 Å². The summed E-state index contributed by atoms with van der Waals surface area (Å²) >= 11 is 0. The highest BCUT2D eigenvalue weighted by molar-refractivity contribution is 5.99. The Hall–Kier alpha value is -3.00. The van der Waals surface area contributed by atoms with Gasteiger partial charge in [0, 0.05) is 51.7 Å². The molecule has 2 aliphatic rings. The largest absolute Gasteiger partial charge is 0.378 e. The van der Waals surface area contributed by atoms with Crippen LogP contribution in [-0.4, -0.2) is 79.1 Å². The lowest BCUT2D eigenvalue weighted by atomic mass is 10.1. The number of aromatic nitrogens is 1. The average Bonchev–Trinajstić information content (AvgIpc) is 2.79. The number of nitrogens with zero attached hydrogens (tertiary/aromatic N) is 4. The number of rotatable bonds is 3. The number of benzene rings is 1. The van der Waals surface area contributed by atoms with Crippen molar-refractivity contribution in [1.29, 1.82) is 0 Å². The Morgan fingerprint density at radius 3 is 2.07 bits per heavy atom. The monoisotopic (exact) mass is 398 g/mol. The van der Waals surface area contributed by atoms with E-state index < -0.39 is 0 Å². The Bertz CT molecular complexity index is 893. The average molecular weight is 398 g/mol. The Kier molecular flexibility index (Phi) is 5.71. The van der Waals surface area contributed by atoms with Crippen LogP contribution in [0.4, 0.5) is 10.1 Å². The van der Waals surface area contributed by atoms with Gasteiger partial charge in [-0.25, -0.2) is 4.39 Å². The number of piperazine rings is 1. The molecule has 4 rings (SSSR count). The van der Waals surface area contributed by atoms with Crippen molar-refractivity contribution in [2.45, 2.75) is 0 Å². The number of para-hydroxylation sites is 1. The molecule has 0 radical (unpaired) electrons. The number of pyridine rings is 1. The van der Waals surface area contributed by atoms with Crippen molar-refractivity contribution in [1.82, 2.24) is 14.8 Å². The standard InChI is InChI=1S/C21H23FN4O3/c22-18-3-1-2-4-19(18)24-5-7-25(8-6-24)20(27)16-13-17(15-23-14-16)21(28)26-9-11-29-12-10-26/h1-4,13-15H,5-12H2. The molecule has 2 saturated heterocycles. The zero-order valence-corrected chi connectivity index (χ0v) is 16.1. The third-order valence-electron chi connectivity index (χ3n) is 5.29. The van der Waals surface area contributed by atoms with Crippen LogP contribution in [-0.2, 0) is 4.74 Å². The number of carbonyl (C=O) groups excluding carboxylic acids is 2. The van der Waals surface area contributed by atoms with E-state index in [0.717, 1.165) is 0 Å². The second-order valence-electron chi connectivity index (χ2n) is 7.10. The van der Waals surface area contributed by atoms with Crippen LogP contribution >= 0.6 is 0 Å². The number of amides is 2. The number of carbonyl (C=O) groups is 2. The topological polar surface area (TPSA) is 66.0 Å². The van der Waals surface area contributed by atoms with Crippen molar-refractivity contribution < 1.29 is 18.7 Å². The fourth-order valence-corrected chi connectivity index (χ4v) is 3.66. The summed E-state index contributed by atoms with van der Waals surface area (Å²) < 4.78 is 19.3. The van der Waals surface area contributed by atoms with Gasteiger partial charge < -0.3 is 19.4 Å². The van der Waals surface area contributed by atoms with Crippen LogP contribution < -0.4 is 4.90 Å². The van der Waals surface area contributed by atoms with Crippen molar-refractivity contribution >= 4 is 17.5 Å². The fraction of sp³-hybridized carbons (Fsp3) is 0.381. The zero-order valence-electron chi connectivity index (χ0n) is 16.1. The number of ether oxygens (including phenoxy) is 1. The maximum absolute atomic E-state index is 14.0. The molecule has 3 heterocycles. The Morgan fingerprint density at radius 2 is 1.45 bits per heavy atom. The van der Waals surface area contributed by atoms with Gasteiger partial charge in [-0.05, 0) is 18.2 Å². The summed E-state index contributed by atoms with van der Waals surface area (Å²) in [6, 6.07) is 8.26. The van der Waals surface area contributed by atoms with Crippen LogP contribution in [0.3, 0.4) is 0 Å². The molecular formula is C21H23FN4O3. The van der Waals surface area contributed by atoms with Gasteiger partial charge in [0.25, 0.3) is 11.8 Å². The molecule has 0 N–H and O–H groups in total. The molecule has 0 bridgehead atoms. The van der Waals surface area contributed by atoms with E-state index in [1.165, 1.54) is 18.5 Å². The summed E-state index contributed by atoms with van der Waals surface area (Å²) in [7, 11) is 0. The SMILES string of the molecule is O=C(c1cncc(C(=O)N2CCN(c3ccccc3F)CC2)c1)N1CCOCC1. The van der Waals surface area contributed by atoms with E-state index in [9.17, 15) is 14.0 Å². The van der Waals surface area contributed by atoms with Gasteiger partial charge in [0.2, 0.25) is 0 Å². The summed E-state index contributed by atoms with van der Waals surface area (Å²) in [5.41, 5.74) is 1.35. The highest BCUT2D eigenvalue weighted by atomic mass is 19.1. The highest BCUT2D eigenvalue weighted by Crippen LogP contribution is 2.21. The molecule has 0 spiro atoms. The molecule has 0 unspecified atom stereocenters. The number of morpholine rings is 1. The van der Waals surface area contributed by atoms with Crippen molar-refractivity contribution in [2.24, 2.45) is 0 Å². The van der Waals surface area contributed by atoms with Crippen molar-refractivity contribution in [2.75, 3.05) is 57.4 Å². The maximum Gasteiger partial charge on any atom is 0.255 e. The van der Waals surface area contributed by atoms with Gasteiger partial charge in [-0.1, -0.05) is 12.1 Å². The maximum atomic E-state index is 14.0. The molecule has 2 fully saturated rings. The summed E-state index contributed by atoms with van der Waals surface area (Å²) in [6.07, 6.45) is 2.98. The van der Waals surface area contributed by atoms with Crippen molar-refractivity contribution in [3.8, 4) is 0 Å². The minimum absolute atomic E-state index is 0.139. The minimum atomic E-state index is -0.259. The van der Waals surface area contributed by atoms with Crippen LogP contribution in [0.2, 0.25) is 0 Å². The lowest BCUT2D eigenvalue weighted by Crippen LogP contribution is -2.49. The third kappa shape index (κ3) is 4.22. The zero-order chi connectivity index (χ0) is 20.2. The van der Waals surface area contributed by atoms with Crippen LogP contribution in [0.15, 0.2) is 42.7 Å². The van der Waals surface area contributed by atoms with Crippen LogP contribution in [0.1, 0.15) is 20.7 Å². The first-order chi connectivity index (χ1) is 14.1. The Morgan fingerprint density at radius 1 is 0.862 bits per heavy atom. The molecule has 0 aliphatic carbocycles. The Labute approximate surface area is 168 Å². The van der Waals surface area contributed by atoms with Gasteiger partial charge in [0.1, 0.15) is 5.82 Å². The lowest BCUT2D eigenvalue weighted by Gasteiger charge is -2.36. The first-order valence-electron chi connectivity index (χ1n) is 9.74. The first-order valence-corrected chi connectivity index (χ1v) is 9.74. The normalized spacial score (nSPS) is 17.3. The van der Waals surface area contributed by atoms with Crippen molar-refractivity contribution in [3.63, 3.8) is 0 Å². The van der Waals surface area contributed by atoms with E-state index in [-0.39, 0.29) is 17.6 Å². The number of hydrogen-bond acceptors (Lipinski definition) is 5. The van der Waals surface area contributed by atoms with Crippen molar-refractivity contribution in [3.05, 3.63) is 59.7 Å². The quantitative estimate of drug-likeness (QED) is 0.787. The molecule has 29 heavy (non-hydrogen) atoms. The molecule has 0 saturated carbocycles. The molecule has 8 heteroatoms. The number of anilines is 1. The molecule has 7 nitrogen and oxygen atoms in total. The van der Waals surface area contributed by atoms with E-state index in [0.29, 0.717) is 69.3 Å². The fourth-order valence-electron chi connectivity index (χ4n) is 3.66. The molecule has 2 aromatic rings. The highest BCUT2D eigenvalue weighted by Gasteiger charge is 2.25. The van der Waals surface area contributed by atoms with Gasteiger partial charge in [0.05, 0.1) is 30.0 Å². The molecular weight excluding hydrogens is 375 g/mol. The van der Waals surface area contributed by atoms with Crippen LogP contribution in [0.25, 0.3) is 0 Å². The van der Waals surface area contributed by atoms with Gasteiger partial charge in [-0.2, -0.15) is 0 Å². The second-order valence-corrected chi connectivity index (χ2v) is 7.10. The van der Waals surface area contributed by atoms with E-state index in [2.05, 4.69) is 4.98 Å². The number of halogens is 1. The summed E-state index contributed by atoms with van der Waals surface area (Å²) in [6.45, 7) is 4.17. The first kappa shape index (κ1) is 19.3. The van der Waals surface area contributed by atoms with E-state index in [1.807, 2.05) is 4.90 Å². The van der Waals surface area contributed by atoms with Gasteiger partial charge in [0.15, 0.2) is 0 Å². The van der Waals surface area contributed by atoms with Crippen LogP contribution in [0.5, 0.6) is 0 Å². The molecule has 0 atom stereocenters. The van der Waals surface area contributed by atoms with Gasteiger partial charge in [-0.15, -0.1) is 0 Å². The van der Waals surface area contributed by atoms with Gasteiger partial charge in [-0.3, -0.25) is 14.6 Å². The predicted molar refractivity (Wildman–Crippen MR) is 105 cm³/mol. The summed E-state index contributed by atoms with van der Waals surface area (Å²) in [5.74, 6) is -0.562. The van der Waals surface area contributed by atoms with Gasteiger partial charge >= 0.3 is 0 Å². The molecule has 2 amide bonds. The summed E-state index contributed by atoms with van der Waals surface area (Å²) in [5, 5.41) is 0. The molecule has 1 aromatic carbocycles. The molecule has 1 aromatic heterocycles. The Balaban J connectivity index is 1.41. The number of hydrogen-bond donors (Lipinski definition) is 0. The van der Waals surface area contributed by atoms with E-state index in [4.69, 9.17) is 4.74 Å². The third-order valence-corrected chi connectivity index (χ3v) is 5.29. The summed E-state index contributed by atoms with van der Waals surface area (Å²) in [4.78, 5) is 35.0. The predicted octanol–water partition coefficient (Wildman–Crippen LogP) is 1.66. The smallest absolute Gasteiger partial charge is 0.255 e. The lowest BCUT2D eigenvalue weighted by molar-refractivity contribution is 0.0302. The van der Waals surface area contributed by atoms with E-state index in [1.54, 1.807) is 34.1 Å². The second kappa shape index (κ2) is 8.57.